The van der Waals surface area contributed by atoms with Gasteiger partial charge in [-0.2, -0.15) is 0 Å². The third-order valence-corrected chi connectivity index (χ3v) is 1.92. The van der Waals surface area contributed by atoms with Gasteiger partial charge in [0, 0.05) is 6.54 Å². The normalized spacial score (nSPS) is 41.7. The van der Waals surface area contributed by atoms with E-state index in [0.29, 0.717) is 6.61 Å². The number of ether oxygens (including phenoxy) is 1. The maximum Gasteiger partial charge on any atom is 0.145 e. The number of nitrogens with one attached hydrogen (secondary N) is 1. The van der Waals surface area contributed by atoms with Crippen molar-refractivity contribution < 1.29 is 4.74 Å². The molecule has 1 heterocycles. The highest BCUT2D eigenvalue weighted by Crippen LogP contribution is 2.13. The van der Waals surface area contributed by atoms with E-state index in [-0.39, 0.29) is 6.17 Å². The minimum atomic E-state index is -0.655. The molecule has 0 saturated carbocycles. The second-order valence-electron chi connectivity index (χ2n) is 2.59. The molecule has 2 atom stereocenters. The third kappa shape index (κ3) is 1.29. The molecule has 2 unspecified atom stereocenters. The van der Waals surface area contributed by atoms with Crippen molar-refractivity contribution in [3.63, 3.8) is 0 Å². The molecule has 0 bridgehead atoms. The summed E-state index contributed by atoms with van der Waals surface area (Å²) < 4.78 is 5.32. The van der Waals surface area contributed by atoms with Crippen LogP contribution in [-0.4, -0.2) is 25.0 Å². The monoisotopic (exact) mass is 145 g/mol. The summed E-state index contributed by atoms with van der Waals surface area (Å²) in [6, 6.07) is 0. The molecule has 10 heavy (non-hydrogen) atoms. The smallest absolute Gasteiger partial charge is 0.145 e. The van der Waals surface area contributed by atoms with Gasteiger partial charge in [-0.25, -0.2) is 0 Å². The van der Waals surface area contributed by atoms with Crippen molar-refractivity contribution in [2.75, 3.05) is 13.2 Å². The van der Waals surface area contributed by atoms with Gasteiger partial charge in [0.15, 0.2) is 0 Å². The lowest BCUT2D eigenvalue weighted by Crippen LogP contribution is -2.67. The first kappa shape index (κ1) is 7.94. The molecule has 0 aromatic rings. The van der Waals surface area contributed by atoms with Gasteiger partial charge in [0.25, 0.3) is 0 Å². The van der Waals surface area contributed by atoms with Crippen molar-refractivity contribution in [1.29, 1.82) is 0 Å². The zero-order valence-corrected chi connectivity index (χ0v) is 6.26. The molecule has 0 amide bonds. The summed E-state index contributed by atoms with van der Waals surface area (Å²) in [7, 11) is 0. The highest BCUT2D eigenvalue weighted by atomic mass is 16.5. The van der Waals surface area contributed by atoms with Gasteiger partial charge in [-0.3, -0.25) is 5.32 Å². The standard InChI is InChI=1S/C6H15N3O/c1-2-6(8)5(7)9-3-4-10-6/h5,9H,2-4,7-8H2,1H3. The Labute approximate surface area is 60.9 Å². The van der Waals surface area contributed by atoms with Crippen molar-refractivity contribution in [2.45, 2.75) is 25.2 Å². The number of hydrogen-bond acceptors (Lipinski definition) is 4. The fourth-order valence-corrected chi connectivity index (χ4v) is 1.04. The van der Waals surface area contributed by atoms with Gasteiger partial charge in [-0.15, -0.1) is 0 Å². The molecule has 0 radical (unpaired) electrons. The molecule has 0 spiro atoms. The summed E-state index contributed by atoms with van der Waals surface area (Å²) in [4.78, 5) is 0. The first-order valence-corrected chi connectivity index (χ1v) is 3.61. The minimum absolute atomic E-state index is 0.230. The van der Waals surface area contributed by atoms with Crippen LogP contribution in [0.5, 0.6) is 0 Å². The van der Waals surface area contributed by atoms with Gasteiger partial charge < -0.3 is 16.2 Å². The Morgan fingerprint density at radius 3 is 2.90 bits per heavy atom. The van der Waals surface area contributed by atoms with Gasteiger partial charge in [-0.1, -0.05) is 6.92 Å². The van der Waals surface area contributed by atoms with E-state index in [2.05, 4.69) is 5.32 Å². The zero-order valence-electron chi connectivity index (χ0n) is 6.26. The molecule has 0 aromatic carbocycles. The van der Waals surface area contributed by atoms with E-state index in [0.717, 1.165) is 13.0 Å². The molecule has 0 aromatic heterocycles. The molecule has 4 heteroatoms. The summed E-state index contributed by atoms with van der Waals surface area (Å²) in [5.41, 5.74) is 10.8. The molecule has 60 valence electrons. The topological polar surface area (TPSA) is 73.3 Å². The van der Waals surface area contributed by atoms with Crippen LogP contribution in [0.15, 0.2) is 0 Å². The molecule has 1 aliphatic rings. The SMILES string of the molecule is CCC1(N)OCCNC1N. The second kappa shape index (κ2) is 2.84. The number of morpholine rings is 1. The van der Waals surface area contributed by atoms with Crippen LogP contribution in [0, 0.1) is 0 Å². The lowest BCUT2D eigenvalue weighted by molar-refractivity contribution is -0.0936. The van der Waals surface area contributed by atoms with Crippen LogP contribution in [0.4, 0.5) is 0 Å². The van der Waals surface area contributed by atoms with Crippen molar-refractivity contribution in [3.05, 3.63) is 0 Å². The van der Waals surface area contributed by atoms with E-state index in [4.69, 9.17) is 16.2 Å². The van der Waals surface area contributed by atoms with E-state index in [1.54, 1.807) is 0 Å². The first-order chi connectivity index (χ1) is 4.69. The quantitative estimate of drug-likeness (QED) is 0.440. The average molecular weight is 145 g/mol. The fourth-order valence-electron chi connectivity index (χ4n) is 1.04. The molecular weight excluding hydrogens is 130 g/mol. The van der Waals surface area contributed by atoms with Crippen LogP contribution in [0.25, 0.3) is 0 Å². The third-order valence-electron chi connectivity index (χ3n) is 1.92. The first-order valence-electron chi connectivity index (χ1n) is 3.61. The average Bonchev–Trinajstić information content (AvgIpc) is 1.96. The fraction of sp³-hybridized carbons (Fsp3) is 1.00. The lowest BCUT2D eigenvalue weighted by Gasteiger charge is -2.38. The number of rotatable bonds is 1. The van der Waals surface area contributed by atoms with Crippen molar-refractivity contribution in [3.8, 4) is 0 Å². The Bertz CT molecular complexity index is 120. The molecule has 0 aliphatic carbocycles. The summed E-state index contributed by atoms with van der Waals surface area (Å²) in [6.07, 6.45) is 0.507. The summed E-state index contributed by atoms with van der Waals surface area (Å²) in [5, 5.41) is 3.05. The predicted octanol–water partition coefficient (Wildman–Crippen LogP) is -1.04. The van der Waals surface area contributed by atoms with Gasteiger partial charge in [0.05, 0.1) is 12.8 Å². The lowest BCUT2D eigenvalue weighted by atomic mass is 10.1. The maximum atomic E-state index is 5.79. The van der Waals surface area contributed by atoms with Crippen LogP contribution < -0.4 is 16.8 Å². The van der Waals surface area contributed by atoms with E-state index in [1.165, 1.54) is 0 Å². The zero-order chi connectivity index (χ0) is 7.61. The van der Waals surface area contributed by atoms with Crippen LogP contribution in [-0.2, 0) is 4.74 Å². The number of hydrogen-bond donors (Lipinski definition) is 3. The molecule has 1 fully saturated rings. The highest BCUT2D eigenvalue weighted by Gasteiger charge is 2.33. The molecule has 1 saturated heterocycles. The summed E-state index contributed by atoms with van der Waals surface area (Å²) >= 11 is 0. The van der Waals surface area contributed by atoms with Gasteiger partial charge in [-0.05, 0) is 6.42 Å². The Kier molecular flexibility index (Phi) is 2.25. The van der Waals surface area contributed by atoms with Crippen LogP contribution in [0.1, 0.15) is 13.3 Å². The van der Waals surface area contributed by atoms with Crippen molar-refractivity contribution in [2.24, 2.45) is 11.5 Å². The summed E-state index contributed by atoms with van der Waals surface area (Å²) in [6.45, 7) is 3.41. The van der Waals surface area contributed by atoms with Crippen LogP contribution in [0.2, 0.25) is 0 Å². The van der Waals surface area contributed by atoms with Crippen LogP contribution in [0.3, 0.4) is 0 Å². The largest absolute Gasteiger partial charge is 0.356 e. The van der Waals surface area contributed by atoms with Crippen molar-refractivity contribution >= 4 is 0 Å². The Balaban J connectivity index is 2.54. The second-order valence-corrected chi connectivity index (χ2v) is 2.59. The molecule has 1 aliphatic heterocycles. The molecule has 4 nitrogen and oxygen atoms in total. The Morgan fingerprint density at radius 1 is 1.80 bits per heavy atom. The van der Waals surface area contributed by atoms with E-state index < -0.39 is 5.72 Å². The van der Waals surface area contributed by atoms with E-state index >= 15 is 0 Å². The van der Waals surface area contributed by atoms with Crippen LogP contribution >= 0.6 is 0 Å². The summed E-state index contributed by atoms with van der Waals surface area (Å²) in [5.74, 6) is 0. The van der Waals surface area contributed by atoms with Gasteiger partial charge in [0.1, 0.15) is 5.72 Å². The van der Waals surface area contributed by atoms with Gasteiger partial charge >= 0.3 is 0 Å². The molecule has 5 N–H and O–H groups in total. The molecule has 1 rings (SSSR count). The molecular formula is C6H15N3O. The van der Waals surface area contributed by atoms with E-state index in [1.807, 2.05) is 6.92 Å². The van der Waals surface area contributed by atoms with Gasteiger partial charge in [0.2, 0.25) is 0 Å². The predicted molar refractivity (Wildman–Crippen MR) is 39.1 cm³/mol. The Hall–Kier alpha value is -0.160. The Morgan fingerprint density at radius 2 is 2.50 bits per heavy atom. The highest BCUT2D eigenvalue weighted by molar-refractivity contribution is 4.85. The van der Waals surface area contributed by atoms with Crippen molar-refractivity contribution in [1.82, 2.24) is 5.32 Å². The van der Waals surface area contributed by atoms with E-state index in [9.17, 15) is 0 Å². The minimum Gasteiger partial charge on any atom is -0.356 e. The maximum absolute atomic E-state index is 5.79. The number of nitrogens with two attached hydrogens (primary N) is 2.